The van der Waals surface area contributed by atoms with Crippen molar-refractivity contribution < 1.29 is 4.74 Å². The Hall–Kier alpha value is -0.370. The molecule has 0 radical (unpaired) electrons. The molecule has 0 aromatic carbocycles. The van der Waals surface area contributed by atoms with Crippen molar-refractivity contribution in [3.05, 3.63) is 0 Å². The zero-order valence-corrected chi connectivity index (χ0v) is 11.9. The van der Waals surface area contributed by atoms with Gasteiger partial charge < -0.3 is 14.5 Å². The van der Waals surface area contributed by atoms with Crippen LogP contribution in [-0.2, 0) is 4.74 Å². The summed E-state index contributed by atoms with van der Waals surface area (Å²) in [6.45, 7) is 5.03. The lowest BCUT2D eigenvalue weighted by Crippen LogP contribution is -2.44. The molecule has 1 aliphatic heterocycles. The fourth-order valence-electron chi connectivity index (χ4n) is 1.70. The van der Waals surface area contributed by atoms with Crippen LogP contribution in [0.25, 0.3) is 0 Å². The predicted molar refractivity (Wildman–Crippen MR) is 72.2 cm³/mol. The molecule has 0 N–H and O–H groups in total. The maximum Gasteiger partial charge on any atom is 0.176 e. The lowest BCUT2D eigenvalue weighted by atomic mass is 10.3. The van der Waals surface area contributed by atoms with Crippen LogP contribution < -0.4 is 4.90 Å². The van der Waals surface area contributed by atoms with Crippen LogP contribution in [0.4, 0.5) is 5.82 Å². The molecule has 1 fully saturated rings. The second kappa shape index (κ2) is 6.53. The van der Waals surface area contributed by atoms with Gasteiger partial charge in [-0.25, -0.2) is 0 Å². The molecular weight excluding hydrogens is 256 g/mol. The van der Waals surface area contributed by atoms with E-state index in [1.165, 1.54) is 11.7 Å². The zero-order valence-electron chi connectivity index (χ0n) is 10.3. The third kappa shape index (κ3) is 3.54. The molecule has 0 unspecified atom stereocenters. The highest BCUT2D eigenvalue weighted by Crippen LogP contribution is 2.28. The molecule has 1 aromatic rings. The van der Waals surface area contributed by atoms with Crippen molar-refractivity contribution in [2.75, 3.05) is 57.6 Å². The van der Waals surface area contributed by atoms with Crippen molar-refractivity contribution in [1.29, 1.82) is 0 Å². The summed E-state index contributed by atoms with van der Waals surface area (Å²) in [6.07, 6.45) is 0. The molecule has 1 saturated heterocycles. The molecule has 5 nitrogen and oxygen atoms in total. The Morgan fingerprint density at radius 1 is 1.29 bits per heavy atom. The normalized spacial score (nSPS) is 17.6. The van der Waals surface area contributed by atoms with E-state index in [2.05, 4.69) is 25.6 Å². The monoisotopic (exact) mass is 274 g/mol. The summed E-state index contributed by atoms with van der Waals surface area (Å²) in [6, 6.07) is 0. The summed E-state index contributed by atoms with van der Waals surface area (Å²) in [5, 5.41) is 1.05. The van der Waals surface area contributed by atoms with Gasteiger partial charge in [0.1, 0.15) is 0 Å². The molecule has 0 amide bonds. The van der Waals surface area contributed by atoms with Crippen molar-refractivity contribution >= 4 is 29.3 Å². The smallest absolute Gasteiger partial charge is 0.176 e. The van der Waals surface area contributed by atoms with Gasteiger partial charge in [0.25, 0.3) is 0 Å². The average molecular weight is 274 g/mol. The Morgan fingerprint density at radius 3 is 2.76 bits per heavy atom. The second-order valence-electron chi connectivity index (χ2n) is 4.02. The Kier molecular flexibility index (Phi) is 5.02. The molecule has 2 heterocycles. The second-order valence-corrected chi connectivity index (χ2v) is 5.64. The van der Waals surface area contributed by atoms with Crippen LogP contribution in [0, 0.1) is 0 Å². The molecule has 0 atom stereocenters. The van der Waals surface area contributed by atoms with Gasteiger partial charge in [-0.15, -0.1) is 0 Å². The summed E-state index contributed by atoms with van der Waals surface area (Å²) in [7, 11) is 3.88. The van der Waals surface area contributed by atoms with Gasteiger partial charge in [-0.1, -0.05) is 11.8 Å². The molecule has 0 bridgehead atoms. The van der Waals surface area contributed by atoms with Crippen molar-refractivity contribution in [2.24, 2.45) is 0 Å². The SMILES string of the molecule is COCCSc1nsnc1N1CCN(C)CC1. The predicted octanol–water partition coefficient (Wildman–Crippen LogP) is 1.03. The molecule has 0 spiro atoms. The van der Waals surface area contributed by atoms with Crippen molar-refractivity contribution in [1.82, 2.24) is 13.6 Å². The summed E-state index contributed by atoms with van der Waals surface area (Å²) in [4.78, 5) is 4.67. The minimum atomic E-state index is 0.754. The molecule has 96 valence electrons. The highest BCUT2D eigenvalue weighted by molar-refractivity contribution is 7.99. The molecule has 1 aliphatic rings. The summed E-state index contributed by atoms with van der Waals surface area (Å²) >= 11 is 3.03. The van der Waals surface area contributed by atoms with Crippen LogP contribution in [0.3, 0.4) is 0 Å². The minimum Gasteiger partial charge on any atom is -0.384 e. The van der Waals surface area contributed by atoms with Gasteiger partial charge in [0.15, 0.2) is 10.8 Å². The first-order valence-electron chi connectivity index (χ1n) is 5.69. The van der Waals surface area contributed by atoms with Gasteiger partial charge in [0, 0.05) is 39.0 Å². The van der Waals surface area contributed by atoms with Gasteiger partial charge in [0.2, 0.25) is 0 Å². The van der Waals surface area contributed by atoms with Crippen LogP contribution >= 0.6 is 23.5 Å². The maximum absolute atomic E-state index is 5.05. The fraction of sp³-hybridized carbons (Fsp3) is 0.800. The van der Waals surface area contributed by atoms with Crippen LogP contribution in [0.1, 0.15) is 0 Å². The molecule has 0 aliphatic carbocycles. The summed E-state index contributed by atoms with van der Waals surface area (Å²) < 4.78 is 13.8. The van der Waals surface area contributed by atoms with Crippen molar-refractivity contribution in [2.45, 2.75) is 5.03 Å². The molecule has 17 heavy (non-hydrogen) atoms. The van der Waals surface area contributed by atoms with Crippen LogP contribution in [0.5, 0.6) is 0 Å². The van der Waals surface area contributed by atoms with E-state index in [4.69, 9.17) is 4.74 Å². The third-order valence-electron chi connectivity index (χ3n) is 2.77. The Balaban J connectivity index is 1.93. The number of nitrogens with zero attached hydrogens (tertiary/aromatic N) is 4. The number of ether oxygens (including phenoxy) is 1. The van der Waals surface area contributed by atoms with E-state index in [1.54, 1.807) is 18.9 Å². The third-order valence-corrected chi connectivity index (χ3v) is 4.32. The number of anilines is 1. The average Bonchev–Trinajstić information content (AvgIpc) is 2.79. The Bertz CT molecular complexity index is 339. The topological polar surface area (TPSA) is 41.5 Å². The van der Waals surface area contributed by atoms with E-state index >= 15 is 0 Å². The molecule has 1 aromatic heterocycles. The highest BCUT2D eigenvalue weighted by atomic mass is 32.2. The first-order valence-corrected chi connectivity index (χ1v) is 7.40. The van der Waals surface area contributed by atoms with E-state index in [1.807, 2.05) is 0 Å². The standard InChI is InChI=1S/C10H18N4OS2/c1-13-3-5-14(6-4-13)9-10(12-17-11-9)16-8-7-15-2/h3-8H2,1-2H3. The largest absolute Gasteiger partial charge is 0.384 e. The van der Waals surface area contributed by atoms with Gasteiger partial charge in [-0.05, 0) is 7.05 Å². The number of piperazine rings is 1. The Morgan fingerprint density at radius 2 is 2.06 bits per heavy atom. The van der Waals surface area contributed by atoms with Crippen molar-refractivity contribution in [3.8, 4) is 0 Å². The quantitative estimate of drug-likeness (QED) is 0.590. The molecular formula is C10H18N4OS2. The van der Waals surface area contributed by atoms with Gasteiger partial charge in [0.05, 0.1) is 18.3 Å². The lowest BCUT2D eigenvalue weighted by Gasteiger charge is -2.32. The van der Waals surface area contributed by atoms with E-state index in [0.29, 0.717) is 0 Å². The van der Waals surface area contributed by atoms with Gasteiger partial charge in [-0.2, -0.15) is 8.75 Å². The molecule has 0 saturated carbocycles. The number of aromatic nitrogens is 2. The first-order chi connectivity index (χ1) is 8.31. The molecule has 2 rings (SSSR count). The zero-order chi connectivity index (χ0) is 12.1. The lowest BCUT2D eigenvalue weighted by molar-refractivity contribution is 0.218. The molecule has 7 heteroatoms. The van der Waals surface area contributed by atoms with Gasteiger partial charge >= 0.3 is 0 Å². The van der Waals surface area contributed by atoms with Crippen LogP contribution in [0.2, 0.25) is 0 Å². The van der Waals surface area contributed by atoms with Crippen LogP contribution in [0.15, 0.2) is 5.03 Å². The number of methoxy groups -OCH3 is 1. The first kappa shape index (κ1) is 13.1. The fourth-order valence-corrected chi connectivity index (χ4v) is 3.29. The number of hydrogen-bond acceptors (Lipinski definition) is 7. The summed E-state index contributed by atoms with van der Waals surface area (Å²) in [5.74, 6) is 1.99. The minimum absolute atomic E-state index is 0.754. The van der Waals surface area contributed by atoms with E-state index < -0.39 is 0 Å². The van der Waals surface area contributed by atoms with Crippen LogP contribution in [-0.4, -0.2) is 66.3 Å². The Labute approximate surface area is 110 Å². The summed E-state index contributed by atoms with van der Waals surface area (Å²) in [5.41, 5.74) is 0. The number of hydrogen-bond donors (Lipinski definition) is 0. The number of likely N-dealkylation sites (N-methyl/N-ethyl adjacent to an activating group) is 1. The van der Waals surface area contributed by atoms with E-state index in [9.17, 15) is 0 Å². The van der Waals surface area contributed by atoms with E-state index in [0.717, 1.165) is 49.4 Å². The highest BCUT2D eigenvalue weighted by Gasteiger charge is 2.20. The van der Waals surface area contributed by atoms with Gasteiger partial charge in [-0.3, -0.25) is 0 Å². The van der Waals surface area contributed by atoms with Crippen molar-refractivity contribution in [3.63, 3.8) is 0 Å². The van der Waals surface area contributed by atoms with E-state index in [-0.39, 0.29) is 0 Å². The number of rotatable bonds is 5. The maximum atomic E-state index is 5.05. The number of thioether (sulfide) groups is 1.